The van der Waals surface area contributed by atoms with E-state index in [9.17, 15) is 9.59 Å². The average Bonchev–Trinajstić information content (AvgIpc) is 2.69. The van der Waals surface area contributed by atoms with Crippen LogP contribution in [0.5, 0.6) is 0 Å². The third-order valence-corrected chi connectivity index (χ3v) is 3.09. The van der Waals surface area contributed by atoms with Gasteiger partial charge in [0.05, 0.1) is 13.1 Å². The zero-order chi connectivity index (χ0) is 13.3. The highest BCUT2D eigenvalue weighted by atomic mass is 16.3. The van der Waals surface area contributed by atoms with Gasteiger partial charge in [-0.2, -0.15) is 0 Å². The SMILES string of the molecule is Cc1ccc(CN2C(=O)CNC(=O)C2C(C)C)o1. The van der Waals surface area contributed by atoms with Crippen LogP contribution in [0, 0.1) is 12.8 Å². The average molecular weight is 250 g/mol. The molecule has 1 aliphatic heterocycles. The number of carbonyl (C=O) groups excluding carboxylic acids is 2. The summed E-state index contributed by atoms with van der Waals surface area (Å²) >= 11 is 0. The maximum absolute atomic E-state index is 11.9. The lowest BCUT2D eigenvalue weighted by Crippen LogP contribution is -2.59. The lowest BCUT2D eigenvalue weighted by molar-refractivity contribution is -0.148. The largest absolute Gasteiger partial charge is 0.464 e. The Morgan fingerprint density at radius 3 is 2.72 bits per heavy atom. The van der Waals surface area contributed by atoms with E-state index in [0.29, 0.717) is 12.3 Å². The molecule has 18 heavy (non-hydrogen) atoms. The van der Waals surface area contributed by atoms with Crippen LogP contribution in [0.3, 0.4) is 0 Å². The fourth-order valence-electron chi connectivity index (χ4n) is 2.25. The van der Waals surface area contributed by atoms with Gasteiger partial charge in [0.2, 0.25) is 11.8 Å². The Kier molecular flexibility index (Phi) is 3.41. The summed E-state index contributed by atoms with van der Waals surface area (Å²) in [5.74, 6) is 1.43. The molecular weight excluding hydrogens is 232 g/mol. The summed E-state index contributed by atoms with van der Waals surface area (Å²) in [5.41, 5.74) is 0. The normalized spacial score (nSPS) is 20.4. The van der Waals surface area contributed by atoms with Crippen molar-refractivity contribution in [1.82, 2.24) is 10.2 Å². The van der Waals surface area contributed by atoms with Crippen LogP contribution in [0.25, 0.3) is 0 Å². The third kappa shape index (κ3) is 2.39. The first-order valence-electron chi connectivity index (χ1n) is 6.11. The Labute approximate surface area is 106 Å². The van der Waals surface area contributed by atoms with E-state index in [2.05, 4.69) is 5.32 Å². The molecule has 0 aliphatic carbocycles. The van der Waals surface area contributed by atoms with Crippen molar-refractivity contribution in [3.8, 4) is 0 Å². The van der Waals surface area contributed by atoms with Gasteiger partial charge in [-0.25, -0.2) is 0 Å². The number of rotatable bonds is 3. The van der Waals surface area contributed by atoms with E-state index in [4.69, 9.17) is 4.42 Å². The minimum Gasteiger partial charge on any atom is -0.464 e. The van der Waals surface area contributed by atoms with Gasteiger partial charge < -0.3 is 14.6 Å². The number of carbonyl (C=O) groups is 2. The highest BCUT2D eigenvalue weighted by Crippen LogP contribution is 2.19. The van der Waals surface area contributed by atoms with Crippen molar-refractivity contribution in [2.45, 2.75) is 33.4 Å². The van der Waals surface area contributed by atoms with Crippen molar-refractivity contribution < 1.29 is 14.0 Å². The van der Waals surface area contributed by atoms with Crippen LogP contribution in [0.1, 0.15) is 25.4 Å². The number of piperazine rings is 1. The molecule has 0 aromatic carbocycles. The number of nitrogens with zero attached hydrogens (tertiary/aromatic N) is 1. The Balaban J connectivity index is 2.20. The molecule has 1 aromatic heterocycles. The highest BCUT2D eigenvalue weighted by molar-refractivity contribution is 5.94. The summed E-state index contributed by atoms with van der Waals surface area (Å²) in [4.78, 5) is 25.4. The summed E-state index contributed by atoms with van der Waals surface area (Å²) in [6.45, 7) is 6.14. The lowest BCUT2D eigenvalue weighted by atomic mass is 9.99. The highest BCUT2D eigenvalue weighted by Gasteiger charge is 2.36. The first-order chi connectivity index (χ1) is 8.49. The Morgan fingerprint density at radius 1 is 1.44 bits per heavy atom. The Bertz CT molecular complexity index is 465. The molecule has 1 aromatic rings. The van der Waals surface area contributed by atoms with Gasteiger partial charge in [-0.05, 0) is 25.0 Å². The minimum atomic E-state index is -0.420. The van der Waals surface area contributed by atoms with Gasteiger partial charge in [-0.15, -0.1) is 0 Å². The number of amides is 2. The van der Waals surface area contributed by atoms with Crippen molar-refractivity contribution in [2.75, 3.05) is 6.54 Å². The Hall–Kier alpha value is -1.78. The van der Waals surface area contributed by atoms with Crippen molar-refractivity contribution in [3.05, 3.63) is 23.7 Å². The van der Waals surface area contributed by atoms with Crippen LogP contribution in [0.15, 0.2) is 16.5 Å². The molecular formula is C13H18N2O3. The van der Waals surface area contributed by atoms with Crippen LogP contribution in [0.4, 0.5) is 0 Å². The molecule has 2 heterocycles. The number of furan rings is 1. The maximum Gasteiger partial charge on any atom is 0.243 e. The molecule has 1 fully saturated rings. The van der Waals surface area contributed by atoms with E-state index in [1.807, 2.05) is 32.9 Å². The van der Waals surface area contributed by atoms with Crippen LogP contribution < -0.4 is 5.32 Å². The molecule has 5 heteroatoms. The fourth-order valence-corrected chi connectivity index (χ4v) is 2.25. The second-order valence-electron chi connectivity index (χ2n) is 4.94. The van der Waals surface area contributed by atoms with Gasteiger partial charge in [0.15, 0.2) is 0 Å². The first kappa shape index (κ1) is 12.7. The minimum absolute atomic E-state index is 0.0673. The zero-order valence-electron chi connectivity index (χ0n) is 10.9. The van der Waals surface area contributed by atoms with Crippen molar-refractivity contribution >= 4 is 11.8 Å². The molecule has 1 atom stereocenters. The van der Waals surface area contributed by atoms with Crippen LogP contribution in [-0.4, -0.2) is 29.3 Å². The number of nitrogens with one attached hydrogen (secondary N) is 1. The van der Waals surface area contributed by atoms with Gasteiger partial charge >= 0.3 is 0 Å². The number of hydrogen-bond acceptors (Lipinski definition) is 3. The second kappa shape index (κ2) is 4.84. The van der Waals surface area contributed by atoms with Gasteiger partial charge in [0, 0.05) is 0 Å². The summed E-state index contributed by atoms with van der Waals surface area (Å²) in [6, 6.07) is 3.28. The zero-order valence-corrected chi connectivity index (χ0v) is 10.9. The smallest absolute Gasteiger partial charge is 0.243 e. The molecule has 98 valence electrons. The molecule has 0 saturated carbocycles. The summed E-state index contributed by atoms with van der Waals surface area (Å²) in [5, 5.41) is 2.62. The van der Waals surface area contributed by atoms with E-state index in [-0.39, 0.29) is 24.3 Å². The van der Waals surface area contributed by atoms with Crippen molar-refractivity contribution in [2.24, 2.45) is 5.92 Å². The number of hydrogen-bond donors (Lipinski definition) is 1. The van der Waals surface area contributed by atoms with E-state index < -0.39 is 6.04 Å². The molecule has 2 rings (SSSR count). The molecule has 5 nitrogen and oxygen atoms in total. The van der Waals surface area contributed by atoms with Crippen LogP contribution in [-0.2, 0) is 16.1 Å². The van der Waals surface area contributed by atoms with Crippen molar-refractivity contribution in [3.63, 3.8) is 0 Å². The van der Waals surface area contributed by atoms with Crippen LogP contribution in [0.2, 0.25) is 0 Å². The quantitative estimate of drug-likeness (QED) is 0.872. The molecule has 1 saturated heterocycles. The van der Waals surface area contributed by atoms with Crippen molar-refractivity contribution in [1.29, 1.82) is 0 Å². The van der Waals surface area contributed by atoms with Crippen LogP contribution >= 0.6 is 0 Å². The van der Waals surface area contributed by atoms with E-state index in [0.717, 1.165) is 5.76 Å². The topological polar surface area (TPSA) is 62.6 Å². The second-order valence-corrected chi connectivity index (χ2v) is 4.94. The molecule has 1 aliphatic rings. The monoisotopic (exact) mass is 250 g/mol. The maximum atomic E-state index is 11.9. The van der Waals surface area contributed by atoms with E-state index in [1.54, 1.807) is 4.90 Å². The lowest BCUT2D eigenvalue weighted by Gasteiger charge is -2.36. The Morgan fingerprint density at radius 2 is 2.17 bits per heavy atom. The molecule has 1 unspecified atom stereocenters. The van der Waals surface area contributed by atoms with Gasteiger partial charge in [-0.3, -0.25) is 9.59 Å². The van der Waals surface area contributed by atoms with Gasteiger partial charge in [0.1, 0.15) is 17.6 Å². The number of aryl methyl sites for hydroxylation is 1. The standard InChI is InChI=1S/C13H18N2O3/c1-8(2)12-13(17)14-6-11(16)15(12)7-10-5-4-9(3)18-10/h4-5,8,12H,6-7H2,1-3H3,(H,14,17). The summed E-state index contributed by atoms with van der Waals surface area (Å²) < 4.78 is 5.47. The fraction of sp³-hybridized carbons (Fsp3) is 0.538. The predicted molar refractivity (Wildman–Crippen MR) is 65.6 cm³/mol. The summed E-state index contributed by atoms with van der Waals surface area (Å²) in [6.07, 6.45) is 0. The summed E-state index contributed by atoms with van der Waals surface area (Å²) in [7, 11) is 0. The predicted octanol–water partition coefficient (Wildman–Crippen LogP) is 1.07. The van der Waals surface area contributed by atoms with E-state index in [1.165, 1.54) is 0 Å². The van der Waals surface area contributed by atoms with Gasteiger partial charge in [-0.1, -0.05) is 13.8 Å². The molecule has 0 radical (unpaired) electrons. The molecule has 2 amide bonds. The van der Waals surface area contributed by atoms with Gasteiger partial charge in [0.25, 0.3) is 0 Å². The first-order valence-corrected chi connectivity index (χ1v) is 6.11. The molecule has 1 N–H and O–H groups in total. The molecule has 0 bridgehead atoms. The van der Waals surface area contributed by atoms with E-state index >= 15 is 0 Å². The third-order valence-electron chi connectivity index (χ3n) is 3.09. The molecule has 0 spiro atoms.